The number of esters is 1. The minimum atomic E-state index is -1.62. The summed E-state index contributed by atoms with van der Waals surface area (Å²) in [4.78, 5) is 11.2. The fourth-order valence-electron chi connectivity index (χ4n) is 1.20. The number of halogens is 2. The molecule has 0 spiro atoms. The number of rotatable bonds is 4. The Morgan fingerprint density at radius 2 is 2.18 bits per heavy atom. The molecule has 2 N–H and O–H groups in total. The first kappa shape index (κ1) is 14.1. The van der Waals surface area contributed by atoms with Gasteiger partial charge >= 0.3 is 5.97 Å². The molecule has 17 heavy (non-hydrogen) atoms. The summed E-state index contributed by atoms with van der Waals surface area (Å²) in [6, 6.07) is 5.05. The van der Waals surface area contributed by atoms with Crippen LogP contribution in [-0.2, 0) is 9.53 Å². The molecular weight excluding hydrogens is 265 g/mol. The maximum atomic E-state index is 11.2. The summed E-state index contributed by atoms with van der Waals surface area (Å²) in [6.07, 6.45) is 0. The lowest BCUT2D eigenvalue weighted by atomic mass is 10.1. The first-order valence-corrected chi connectivity index (χ1v) is 5.63. The Hall–Kier alpha value is -0.970. The van der Waals surface area contributed by atoms with E-state index in [1.165, 1.54) is 14.0 Å². The Kier molecular flexibility index (Phi) is 4.62. The number of methoxy groups -OCH3 is 1. The van der Waals surface area contributed by atoms with Crippen molar-refractivity contribution in [2.24, 2.45) is 0 Å². The van der Waals surface area contributed by atoms with Crippen molar-refractivity contribution in [1.82, 2.24) is 0 Å². The van der Waals surface area contributed by atoms with E-state index in [4.69, 9.17) is 23.2 Å². The molecule has 0 aliphatic heterocycles. The molecule has 1 aromatic carbocycles. The molecule has 0 radical (unpaired) electrons. The lowest BCUT2D eigenvalue weighted by molar-refractivity contribution is -0.158. The highest BCUT2D eigenvalue weighted by Gasteiger charge is 2.31. The topological polar surface area (TPSA) is 58.6 Å². The predicted octanol–water partition coefficient (Wildman–Crippen LogP) is 2.33. The minimum absolute atomic E-state index is 0.0280. The molecule has 0 fully saturated rings. The Balaban J connectivity index is 2.74. The van der Waals surface area contributed by atoms with Gasteiger partial charge in [-0.05, 0) is 19.1 Å². The van der Waals surface area contributed by atoms with Crippen LogP contribution in [0.4, 0.5) is 5.69 Å². The van der Waals surface area contributed by atoms with Crippen molar-refractivity contribution in [3.63, 3.8) is 0 Å². The lowest BCUT2D eigenvalue weighted by Crippen LogP contribution is -2.42. The maximum Gasteiger partial charge on any atom is 0.339 e. The van der Waals surface area contributed by atoms with Gasteiger partial charge in [-0.3, -0.25) is 0 Å². The third kappa shape index (κ3) is 3.49. The van der Waals surface area contributed by atoms with Gasteiger partial charge in [0.05, 0.1) is 29.4 Å². The first-order valence-electron chi connectivity index (χ1n) is 4.87. The summed E-state index contributed by atoms with van der Waals surface area (Å²) >= 11 is 11.8. The zero-order valence-corrected chi connectivity index (χ0v) is 11.0. The van der Waals surface area contributed by atoms with Crippen LogP contribution in [0.1, 0.15) is 6.92 Å². The van der Waals surface area contributed by atoms with Crippen LogP contribution in [0.3, 0.4) is 0 Å². The number of aliphatic hydroxyl groups is 1. The van der Waals surface area contributed by atoms with Crippen molar-refractivity contribution >= 4 is 34.9 Å². The van der Waals surface area contributed by atoms with Crippen LogP contribution in [0.5, 0.6) is 0 Å². The fourth-order valence-corrected chi connectivity index (χ4v) is 1.57. The van der Waals surface area contributed by atoms with Crippen LogP contribution in [0.2, 0.25) is 10.0 Å². The van der Waals surface area contributed by atoms with Crippen molar-refractivity contribution < 1.29 is 14.6 Å². The summed E-state index contributed by atoms with van der Waals surface area (Å²) < 4.78 is 4.47. The van der Waals surface area contributed by atoms with E-state index in [1.807, 2.05) is 0 Å². The lowest BCUT2D eigenvalue weighted by Gasteiger charge is -2.21. The summed E-state index contributed by atoms with van der Waals surface area (Å²) in [6.45, 7) is 1.32. The number of hydrogen-bond donors (Lipinski definition) is 2. The molecule has 1 aromatic rings. The Morgan fingerprint density at radius 1 is 1.53 bits per heavy atom. The van der Waals surface area contributed by atoms with Crippen LogP contribution in [0, 0.1) is 0 Å². The quantitative estimate of drug-likeness (QED) is 0.830. The minimum Gasteiger partial charge on any atom is -0.467 e. The highest BCUT2D eigenvalue weighted by Crippen LogP contribution is 2.29. The summed E-state index contributed by atoms with van der Waals surface area (Å²) in [7, 11) is 1.21. The van der Waals surface area contributed by atoms with E-state index in [0.29, 0.717) is 15.7 Å². The second-order valence-electron chi connectivity index (χ2n) is 3.72. The van der Waals surface area contributed by atoms with Crippen LogP contribution in [0.25, 0.3) is 0 Å². The third-order valence-electron chi connectivity index (χ3n) is 2.20. The van der Waals surface area contributed by atoms with Crippen LogP contribution in [0.15, 0.2) is 18.2 Å². The standard InChI is InChI=1S/C11H13Cl2NO3/c1-11(16,10(15)17-2)6-14-8-5-3-4-7(12)9(8)13/h3-5,14,16H,6H2,1-2H3. The molecule has 1 atom stereocenters. The van der Waals surface area contributed by atoms with Gasteiger partial charge in [-0.1, -0.05) is 29.3 Å². The van der Waals surface area contributed by atoms with E-state index in [2.05, 4.69) is 10.1 Å². The van der Waals surface area contributed by atoms with Gasteiger partial charge in [-0.15, -0.1) is 0 Å². The van der Waals surface area contributed by atoms with Crippen LogP contribution < -0.4 is 5.32 Å². The molecule has 0 saturated carbocycles. The molecule has 1 rings (SSSR count). The highest BCUT2D eigenvalue weighted by atomic mass is 35.5. The number of carbonyl (C=O) groups excluding carboxylic acids is 1. The van der Waals surface area contributed by atoms with Crippen LogP contribution in [-0.4, -0.2) is 30.3 Å². The van der Waals surface area contributed by atoms with Gasteiger partial charge in [-0.2, -0.15) is 0 Å². The molecule has 0 heterocycles. The largest absolute Gasteiger partial charge is 0.467 e. The molecule has 1 unspecified atom stereocenters. The number of benzene rings is 1. The molecule has 0 aromatic heterocycles. The second kappa shape index (κ2) is 5.58. The maximum absolute atomic E-state index is 11.2. The number of hydrogen-bond acceptors (Lipinski definition) is 4. The van der Waals surface area contributed by atoms with Crippen molar-refractivity contribution in [1.29, 1.82) is 0 Å². The average molecular weight is 278 g/mol. The SMILES string of the molecule is COC(=O)C(C)(O)CNc1cccc(Cl)c1Cl. The van der Waals surface area contributed by atoms with Crippen molar-refractivity contribution in [2.45, 2.75) is 12.5 Å². The molecule has 0 amide bonds. The zero-order chi connectivity index (χ0) is 13.1. The predicted molar refractivity (Wildman–Crippen MR) is 67.6 cm³/mol. The molecule has 0 saturated heterocycles. The van der Waals surface area contributed by atoms with Gasteiger partial charge in [0, 0.05) is 0 Å². The Labute approximate surface area is 109 Å². The van der Waals surface area contributed by atoms with E-state index in [-0.39, 0.29) is 6.54 Å². The molecule has 4 nitrogen and oxygen atoms in total. The summed E-state index contributed by atoms with van der Waals surface area (Å²) in [5.74, 6) is -0.719. The van der Waals surface area contributed by atoms with E-state index in [0.717, 1.165) is 0 Å². The third-order valence-corrected chi connectivity index (χ3v) is 3.02. The molecule has 6 heteroatoms. The Morgan fingerprint density at radius 3 is 2.76 bits per heavy atom. The average Bonchev–Trinajstić information content (AvgIpc) is 2.30. The van der Waals surface area contributed by atoms with Gasteiger partial charge in [0.2, 0.25) is 0 Å². The van der Waals surface area contributed by atoms with Gasteiger partial charge < -0.3 is 15.2 Å². The number of ether oxygens (including phenoxy) is 1. The number of anilines is 1. The van der Waals surface area contributed by atoms with Gasteiger partial charge in [0.1, 0.15) is 0 Å². The molecule has 0 aliphatic carbocycles. The second-order valence-corrected chi connectivity index (χ2v) is 4.51. The summed E-state index contributed by atoms with van der Waals surface area (Å²) in [5, 5.41) is 13.4. The number of carbonyl (C=O) groups is 1. The van der Waals surface area contributed by atoms with E-state index in [1.54, 1.807) is 18.2 Å². The smallest absolute Gasteiger partial charge is 0.339 e. The molecule has 94 valence electrons. The fraction of sp³-hybridized carbons (Fsp3) is 0.364. The Bertz CT molecular complexity index is 421. The van der Waals surface area contributed by atoms with Crippen LogP contribution >= 0.6 is 23.2 Å². The number of nitrogens with one attached hydrogen (secondary N) is 1. The van der Waals surface area contributed by atoms with Crippen molar-refractivity contribution in [3.05, 3.63) is 28.2 Å². The normalized spacial score (nSPS) is 13.9. The first-order chi connectivity index (χ1) is 7.88. The molecular formula is C11H13Cl2NO3. The molecule has 0 bridgehead atoms. The van der Waals surface area contributed by atoms with E-state index in [9.17, 15) is 9.90 Å². The zero-order valence-electron chi connectivity index (χ0n) is 9.46. The van der Waals surface area contributed by atoms with Gasteiger partial charge in [0.25, 0.3) is 0 Å². The van der Waals surface area contributed by atoms with Gasteiger partial charge in [-0.25, -0.2) is 4.79 Å². The van der Waals surface area contributed by atoms with Crippen molar-refractivity contribution in [2.75, 3.05) is 19.0 Å². The highest BCUT2D eigenvalue weighted by molar-refractivity contribution is 6.43. The summed E-state index contributed by atoms with van der Waals surface area (Å²) in [5.41, 5.74) is -1.08. The van der Waals surface area contributed by atoms with E-state index < -0.39 is 11.6 Å². The van der Waals surface area contributed by atoms with Crippen molar-refractivity contribution in [3.8, 4) is 0 Å². The molecule has 0 aliphatic rings. The van der Waals surface area contributed by atoms with E-state index >= 15 is 0 Å². The monoisotopic (exact) mass is 277 g/mol. The van der Waals surface area contributed by atoms with Gasteiger partial charge in [0.15, 0.2) is 5.60 Å².